The largest absolute Gasteiger partial charge is 0.480 e. The summed E-state index contributed by atoms with van der Waals surface area (Å²) in [7, 11) is 0. The molecule has 0 aromatic carbocycles. The SMILES string of the molecule is O=C(O)CNC1(C(=O)O)CCCC1. The second-order valence-electron chi connectivity index (χ2n) is 3.34. The van der Waals surface area contributed by atoms with Gasteiger partial charge in [-0.2, -0.15) is 0 Å². The highest BCUT2D eigenvalue weighted by atomic mass is 16.4. The van der Waals surface area contributed by atoms with Crippen LogP contribution in [0.3, 0.4) is 0 Å². The number of carboxylic acids is 2. The van der Waals surface area contributed by atoms with Gasteiger partial charge in [-0.3, -0.25) is 14.9 Å². The van der Waals surface area contributed by atoms with Crippen molar-refractivity contribution in [2.24, 2.45) is 0 Å². The fraction of sp³-hybridized carbons (Fsp3) is 0.750. The van der Waals surface area contributed by atoms with E-state index in [0.29, 0.717) is 12.8 Å². The Morgan fingerprint density at radius 1 is 1.23 bits per heavy atom. The van der Waals surface area contributed by atoms with Crippen LogP contribution in [0.25, 0.3) is 0 Å². The number of hydrogen-bond acceptors (Lipinski definition) is 3. The number of rotatable bonds is 4. The molecular formula is C8H13NO4. The van der Waals surface area contributed by atoms with Crippen LogP contribution in [0.5, 0.6) is 0 Å². The third kappa shape index (κ3) is 2.18. The van der Waals surface area contributed by atoms with Crippen molar-refractivity contribution in [3.63, 3.8) is 0 Å². The maximum atomic E-state index is 10.9. The molecule has 0 heterocycles. The van der Waals surface area contributed by atoms with Gasteiger partial charge in [0.1, 0.15) is 5.54 Å². The van der Waals surface area contributed by atoms with Crippen LogP contribution in [-0.2, 0) is 9.59 Å². The van der Waals surface area contributed by atoms with Crippen LogP contribution < -0.4 is 5.32 Å². The van der Waals surface area contributed by atoms with Gasteiger partial charge >= 0.3 is 11.9 Å². The molecule has 0 aromatic rings. The molecule has 0 saturated heterocycles. The van der Waals surface area contributed by atoms with Gasteiger partial charge < -0.3 is 10.2 Å². The molecule has 0 amide bonds. The van der Waals surface area contributed by atoms with Crippen molar-refractivity contribution in [1.29, 1.82) is 0 Å². The van der Waals surface area contributed by atoms with E-state index < -0.39 is 17.5 Å². The molecule has 0 radical (unpaired) electrons. The van der Waals surface area contributed by atoms with E-state index in [1.54, 1.807) is 0 Å². The predicted octanol–water partition coefficient (Wildman–Crippen LogP) is 0.0580. The van der Waals surface area contributed by atoms with Crippen LogP contribution in [0.15, 0.2) is 0 Å². The Morgan fingerprint density at radius 2 is 1.77 bits per heavy atom. The molecular weight excluding hydrogens is 174 g/mol. The molecule has 0 unspecified atom stereocenters. The first-order chi connectivity index (χ1) is 6.07. The van der Waals surface area contributed by atoms with Gasteiger partial charge in [0.25, 0.3) is 0 Å². The highest BCUT2D eigenvalue weighted by Crippen LogP contribution is 2.29. The van der Waals surface area contributed by atoms with Gasteiger partial charge in [-0.1, -0.05) is 12.8 Å². The number of aliphatic carboxylic acids is 2. The van der Waals surface area contributed by atoms with Crippen molar-refractivity contribution in [3.05, 3.63) is 0 Å². The third-order valence-corrected chi connectivity index (χ3v) is 2.44. The minimum atomic E-state index is -1.02. The lowest BCUT2D eigenvalue weighted by Gasteiger charge is -2.24. The van der Waals surface area contributed by atoms with E-state index in [2.05, 4.69) is 5.32 Å². The number of carbonyl (C=O) groups is 2. The Balaban J connectivity index is 2.57. The summed E-state index contributed by atoms with van der Waals surface area (Å²) in [6.07, 6.45) is 2.74. The summed E-state index contributed by atoms with van der Waals surface area (Å²) in [6.45, 7) is -0.285. The van der Waals surface area contributed by atoms with E-state index in [1.165, 1.54) is 0 Å². The van der Waals surface area contributed by atoms with Gasteiger partial charge in [0, 0.05) is 0 Å². The molecule has 1 aliphatic rings. The molecule has 0 bridgehead atoms. The van der Waals surface area contributed by atoms with Crippen molar-refractivity contribution in [3.8, 4) is 0 Å². The second-order valence-corrected chi connectivity index (χ2v) is 3.34. The summed E-state index contributed by atoms with van der Waals surface area (Å²) in [5.74, 6) is -1.96. The maximum absolute atomic E-state index is 10.9. The first kappa shape index (κ1) is 9.98. The fourth-order valence-electron chi connectivity index (χ4n) is 1.69. The van der Waals surface area contributed by atoms with Crippen LogP contribution in [-0.4, -0.2) is 34.2 Å². The van der Waals surface area contributed by atoms with Gasteiger partial charge in [0.2, 0.25) is 0 Å². The summed E-state index contributed by atoms with van der Waals surface area (Å²) < 4.78 is 0. The van der Waals surface area contributed by atoms with E-state index in [0.717, 1.165) is 12.8 Å². The zero-order valence-corrected chi connectivity index (χ0v) is 7.25. The van der Waals surface area contributed by atoms with Crippen molar-refractivity contribution in [2.45, 2.75) is 31.2 Å². The lowest BCUT2D eigenvalue weighted by Crippen LogP contribution is -2.51. The summed E-state index contributed by atoms with van der Waals surface area (Å²) in [6, 6.07) is 0. The Bertz CT molecular complexity index is 220. The first-order valence-corrected chi connectivity index (χ1v) is 4.27. The van der Waals surface area contributed by atoms with Gasteiger partial charge in [-0.15, -0.1) is 0 Å². The van der Waals surface area contributed by atoms with Gasteiger partial charge in [-0.25, -0.2) is 0 Å². The van der Waals surface area contributed by atoms with Crippen molar-refractivity contribution >= 4 is 11.9 Å². The van der Waals surface area contributed by atoms with E-state index in [9.17, 15) is 9.59 Å². The summed E-state index contributed by atoms with van der Waals surface area (Å²) in [5.41, 5.74) is -0.988. The molecule has 1 rings (SSSR count). The minimum absolute atomic E-state index is 0.285. The van der Waals surface area contributed by atoms with Crippen LogP contribution >= 0.6 is 0 Å². The van der Waals surface area contributed by atoms with Crippen LogP contribution in [0.1, 0.15) is 25.7 Å². The molecule has 1 aliphatic carbocycles. The molecule has 1 saturated carbocycles. The Kier molecular flexibility index (Phi) is 2.87. The zero-order valence-electron chi connectivity index (χ0n) is 7.25. The van der Waals surface area contributed by atoms with E-state index in [-0.39, 0.29) is 6.54 Å². The highest BCUT2D eigenvalue weighted by Gasteiger charge is 2.40. The standard InChI is InChI=1S/C8H13NO4/c10-6(11)5-9-8(7(12)13)3-1-2-4-8/h9H,1-5H2,(H,10,11)(H,12,13). The van der Waals surface area contributed by atoms with Crippen LogP contribution in [0.2, 0.25) is 0 Å². The third-order valence-electron chi connectivity index (χ3n) is 2.44. The topological polar surface area (TPSA) is 86.6 Å². The van der Waals surface area contributed by atoms with Crippen molar-refractivity contribution < 1.29 is 19.8 Å². The molecule has 0 spiro atoms. The van der Waals surface area contributed by atoms with Crippen molar-refractivity contribution in [1.82, 2.24) is 5.32 Å². The molecule has 0 aromatic heterocycles. The first-order valence-electron chi connectivity index (χ1n) is 4.27. The molecule has 0 aliphatic heterocycles. The molecule has 3 N–H and O–H groups in total. The minimum Gasteiger partial charge on any atom is -0.480 e. The lowest BCUT2D eigenvalue weighted by molar-refractivity contribution is -0.145. The Labute approximate surface area is 75.7 Å². The average molecular weight is 187 g/mol. The summed E-state index contributed by atoms with van der Waals surface area (Å²) >= 11 is 0. The average Bonchev–Trinajstić information content (AvgIpc) is 2.50. The molecule has 5 nitrogen and oxygen atoms in total. The monoisotopic (exact) mass is 187 g/mol. The van der Waals surface area contributed by atoms with E-state index in [1.807, 2.05) is 0 Å². The van der Waals surface area contributed by atoms with Gasteiger partial charge in [0.05, 0.1) is 6.54 Å². The normalized spacial score (nSPS) is 20.0. The van der Waals surface area contributed by atoms with Crippen molar-refractivity contribution in [2.75, 3.05) is 6.54 Å². The van der Waals surface area contributed by atoms with E-state index in [4.69, 9.17) is 10.2 Å². The highest BCUT2D eigenvalue weighted by molar-refractivity contribution is 5.80. The summed E-state index contributed by atoms with van der Waals surface area (Å²) in [5, 5.41) is 19.9. The lowest BCUT2D eigenvalue weighted by atomic mass is 9.98. The summed E-state index contributed by atoms with van der Waals surface area (Å²) in [4.78, 5) is 21.1. The van der Waals surface area contributed by atoms with E-state index >= 15 is 0 Å². The molecule has 0 atom stereocenters. The Hall–Kier alpha value is -1.10. The van der Waals surface area contributed by atoms with Crippen LogP contribution in [0, 0.1) is 0 Å². The molecule has 74 valence electrons. The predicted molar refractivity (Wildman–Crippen MR) is 44.5 cm³/mol. The number of nitrogens with one attached hydrogen (secondary N) is 1. The molecule has 1 fully saturated rings. The van der Waals surface area contributed by atoms with Gasteiger partial charge in [0.15, 0.2) is 0 Å². The van der Waals surface area contributed by atoms with Gasteiger partial charge in [-0.05, 0) is 12.8 Å². The maximum Gasteiger partial charge on any atom is 0.323 e. The smallest absolute Gasteiger partial charge is 0.323 e. The molecule has 13 heavy (non-hydrogen) atoms. The number of carboxylic acid groups (broad SMARTS) is 2. The fourth-order valence-corrected chi connectivity index (χ4v) is 1.69. The Morgan fingerprint density at radius 3 is 2.15 bits per heavy atom. The molecule has 5 heteroatoms. The number of hydrogen-bond donors (Lipinski definition) is 3. The second kappa shape index (κ2) is 3.74. The quantitative estimate of drug-likeness (QED) is 0.579. The van der Waals surface area contributed by atoms with Crippen LogP contribution in [0.4, 0.5) is 0 Å². The zero-order chi connectivity index (χ0) is 9.90.